The average molecular weight is 471 g/mol. The summed E-state index contributed by atoms with van der Waals surface area (Å²) < 4.78 is 1.35. The molecule has 0 aliphatic rings. The number of nitro groups is 1. The quantitative estimate of drug-likeness (QED) is 0.306. The first-order chi connectivity index (χ1) is 12.4. The molecular formula is C16H9BrClN3O3S2. The van der Waals surface area contributed by atoms with Crippen molar-refractivity contribution in [1.82, 2.24) is 5.32 Å². The molecule has 0 spiro atoms. The molecule has 2 aromatic carbocycles. The second-order valence-corrected chi connectivity index (χ2v) is 7.76. The summed E-state index contributed by atoms with van der Waals surface area (Å²) in [5, 5.41) is 17.4. The van der Waals surface area contributed by atoms with Crippen LogP contribution in [-0.2, 0) is 0 Å². The summed E-state index contributed by atoms with van der Waals surface area (Å²) in [7, 11) is 0. The number of non-ortho nitro benzene ring substituents is 1. The third kappa shape index (κ3) is 3.85. The van der Waals surface area contributed by atoms with Crippen molar-refractivity contribution in [3.63, 3.8) is 0 Å². The molecular weight excluding hydrogens is 462 g/mol. The van der Waals surface area contributed by atoms with E-state index in [2.05, 4.69) is 26.6 Å². The van der Waals surface area contributed by atoms with Crippen LogP contribution in [0.3, 0.4) is 0 Å². The maximum atomic E-state index is 12.5. The first kappa shape index (κ1) is 18.7. The fourth-order valence-electron chi connectivity index (χ4n) is 2.19. The first-order valence-corrected chi connectivity index (χ1v) is 9.49. The maximum Gasteiger partial charge on any atom is 0.270 e. The zero-order chi connectivity index (χ0) is 18.8. The van der Waals surface area contributed by atoms with Crippen LogP contribution in [0.2, 0.25) is 5.02 Å². The zero-order valence-corrected chi connectivity index (χ0v) is 16.8. The van der Waals surface area contributed by atoms with Crippen molar-refractivity contribution in [2.45, 2.75) is 0 Å². The largest absolute Gasteiger partial charge is 0.331 e. The Kier molecular flexibility index (Phi) is 5.52. The van der Waals surface area contributed by atoms with Gasteiger partial charge in [0.2, 0.25) is 0 Å². The highest BCUT2D eigenvalue weighted by Gasteiger charge is 2.18. The highest BCUT2D eigenvalue weighted by atomic mass is 79.9. The number of rotatable bonds is 3. The van der Waals surface area contributed by atoms with Gasteiger partial charge >= 0.3 is 0 Å². The Labute approximate surface area is 170 Å². The van der Waals surface area contributed by atoms with E-state index in [9.17, 15) is 14.9 Å². The second kappa shape index (κ2) is 7.67. The summed E-state index contributed by atoms with van der Waals surface area (Å²) in [5.41, 5.74) is 0.428. The number of amides is 1. The zero-order valence-electron chi connectivity index (χ0n) is 12.8. The van der Waals surface area contributed by atoms with Crippen molar-refractivity contribution < 1.29 is 9.72 Å². The Morgan fingerprint density at radius 1 is 1.27 bits per heavy atom. The van der Waals surface area contributed by atoms with Crippen molar-refractivity contribution in [2.75, 3.05) is 5.32 Å². The molecule has 0 aliphatic carbocycles. The van der Waals surface area contributed by atoms with Gasteiger partial charge in [-0.05, 0) is 40.3 Å². The average Bonchev–Trinajstić information content (AvgIpc) is 2.94. The molecule has 0 saturated carbocycles. The number of nitro benzene ring substituents is 1. The Morgan fingerprint density at radius 3 is 2.65 bits per heavy atom. The molecule has 0 atom stereocenters. The lowest BCUT2D eigenvalue weighted by atomic mass is 10.2. The minimum Gasteiger partial charge on any atom is -0.331 e. The van der Waals surface area contributed by atoms with E-state index in [-0.39, 0.29) is 10.8 Å². The Bertz CT molecular complexity index is 1050. The normalized spacial score (nSPS) is 10.5. The molecule has 1 amide bonds. The number of hydrogen-bond donors (Lipinski definition) is 2. The number of hydrogen-bond acceptors (Lipinski definition) is 5. The second-order valence-electron chi connectivity index (χ2n) is 5.07. The molecule has 0 bridgehead atoms. The van der Waals surface area contributed by atoms with E-state index < -0.39 is 10.8 Å². The summed E-state index contributed by atoms with van der Waals surface area (Å²) >= 11 is 15.9. The van der Waals surface area contributed by atoms with E-state index in [0.717, 1.165) is 10.1 Å². The molecule has 132 valence electrons. The van der Waals surface area contributed by atoms with Gasteiger partial charge in [0, 0.05) is 26.7 Å². The fourth-order valence-corrected chi connectivity index (χ4v) is 4.27. The number of nitrogens with one attached hydrogen (secondary N) is 2. The number of thiophene rings is 1. The number of nitrogens with zero attached hydrogens (tertiary/aromatic N) is 1. The lowest BCUT2D eigenvalue weighted by Gasteiger charge is -2.10. The van der Waals surface area contributed by atoms with Crippen LogP contribution in [0, 0.1) is 10.1 Å². The summed E-state index contributed by atoms with van der Waals surface area (Å²) in [6, 6.07) is 11.6. The molecule has 3 aromatic rings. The standard InChI is InChI=1S/C16H9BrClN3O3S2/c17-10-7-8(21(23)24)5-6-11(10)19-16(25)20-15(22)14-13(18)9-3-1-2-4-12(9)26-14/h1-7H,(H2,19,20,22,25). The van der Waals surface area contributed by atoms with Gasteiger partial charge in [-0.25, -0.2) is 0 Å². The Hall–Kier alpha value is -2.07. The number of anilines is 1. The van der Waals surface area contributed by atoms with Gasteiger partial charge in [0.25, 0.3) is 11.6 Å². The van der Waals surface area contributed by atoms with Crippen molar-refractivity contribution in [2.24, 2.45) is 0 Å². The van der Waals surface area contributed by atoms with Gasteiger partial charge in [0.1, 0.15) is 4.88 Å². The van der Waals surface area contributed by atoms with Crippen LogP contribution in [0.4, 0.5) is 11.4 Å². The molecule has 0 aliphatic heterocycles. The molecule has 10 heteroatoms. The van der Waals surface area contributed by atoms with Crippen molar-refractivity contribution >= 4 is 83.6 Å². The van der Waals surface area contributed by atoms with E-state index >= 15 is 0 Å². The molecule has 0 radical (unpaired) electrons. The van der Waals surface area contributed by atoms with Crippen LogP contribution in [0.5, 0.6) is 0 Å². The fraction of sp³-hybridized carbons (Fsp3) is 0. The molecule has 2 N–H and O–H groups in total. The Morgan fingerprint density at radius 2 is 2.00 bits per heavy atom. The third-order valence-electron chi connectivity index (χ3n) is 3.38. The van der Waals surface area contributed by atoms with E-state index in [1.807, 2.05) is 24.3 Å². The van der Waals surface area contributed by atoms with Gasteiger partial charge in [-0.3, -0.25) is 20.2 Å². The Balaban J connectivity index is 1.74. The van der Waals surface area contributed by atoms with Gasteiger partial charge in [-0.1, -0.05) is 29.8 Å². The smallest absolute Gasteiger partial charge is 0.270 e. The minimum atomic E-state index is -0.502. The number of carbonyl (C=O) groups is 1. The molecule has 26 heavy (non-hydrogen) atoms. The predicted molar refractivity (Wildman–Crippen MR) is 111 cm³/mol. The molecule has 3 rings (SSSR count). The van der Waals surface area contributed by atoms with Crippen LogP contribution < -0.4 is 10.6 Å². The van der Waals surface area contributed by atoms with E-state index in [0.29, 0.717) is 20.1 Å². The van der Waals surface area contributed by atoms with Crippen LogP contribution >= 0.6 is 51.1 Å². The first-order valence-electron chi connectivity index (χ1n) is 7.10. The van der Waals surface area contributed by atoms with Crippen LogP contribution in [0.1, 0.15) is 9.67 Å². The molecule has 1 aromatic heterocycles. The summed E-state index contributed by atoms with van der Waals surface area (Å²) in [6.07, 6.45) is 0. The number of benzene rings is 2. The molecule has 6 nitrogen and oxygen atoms in total. The number of halogens is 2. The monoisotopic (exact) mass is 469 g/mol. The number of carbonyl (C=O) groups excluding carboxylic acids is 1. The predicted octanol–water partition coefficient (Wildman–Crippen LogP) is 5.35. The summed E-state index contributed by atoms with van der Waals surface area (Å²) in [5.74, 6) is -0.424. The third-order valence-corrected chi connectivity index (χ3v) is 5.91. The highest BCUT2D eigenvalue weighted by molar-refractivity contribution is 9.10. The van der Waals surface area contributed by atoms with Gasteiger partial charge in [0.05, 0.1) is 15.6 Å². The van der Waals surface area contributed by atoms with Gasteiger partial charge in [0.15, 0.2) is 5.11 Å². The highest BCUT2D eigenvalue weighted by Crippen LogP contribution is 2.35. The van der Waals surface area contributed by atoms with Crippen LogP contribution in [0.15, 0.2) is 46.9 Å². The van der Waals surface area contributed by atoms with Crippen molar-refractivity contribution in [3.05, 3.63) is 67.0 Å². The van der Waals surface area contributed by atoms with Gasteiger partial charge < -0.3 is 5.32 Å². The molecule has 0 fully saturated rings. The van der Waals surface area contributed by atoms with Gasteiger partial charge in [-0.15, -0.1) is 11.3 Å². The van der Waals surface area contributed by atoms with Crippen LogP contribution in [-0.4, -0.2) is 15.9 Å². The lowest BCUT2D eigenvalue weighted by Crippen LogP contribution is -2.33. The van der Waals surface area contributed by atoms with Crippen LogP contribution in [0.25, 0.3) is 10.1 Å². The van der Waals surface area contributed by atoms with E-state index in [1.54, 1.807) is 0 Å². The minimum absolute atomic E-state index is 0.0538. The SMILES string of the molecule is O=C(NC(=S)Nc1ccc([N+](=O)[O-])cc1Br)c1sc2ccccc2c1Cl. The molecule has 0 unspecified atom stereocenters. The van der Waals surface area contributed by atoms with E-state index in [1.165, 1.54) is 29.5 Å². The van der Waals surface area contributed by atoms with E-state index in [4.69, 9.17) is 23.8 Å². The summed E-state index contributed by atoms with van der Waals surface area (Å²) in [6.45, 7) is 0. The summed E-state index contributed by atoms with van der Waals surface area (Å²) in [4.78, 5) is 23.1. The lowest BCUT2D eigenvalue weighted by molar-refractivity contribution is -0.384. The van der Waals surface area contributed by atoms with Gasteiger partial charge in [-0.2, -0.15) is 0 Å². The topological polar surface area (TPSA) is 84.3 Å². The van der Waals surface area contributed by atoms with Crippen molar-refractivity contribution in [3.8, 4) is 0 Å². The maximum absolute atomic E-state index is 12.5. The molecule has 1 heterocycles. The number of fused-ring (bicyclic) bond motifs is 1. The van der Waals surface area contributed by atoms with Crippen molar-refractivity contribution in [1.29, 1.82) is 0 Å². The number of thiocarbonyl (C=S) groups is 1. The molecule has 0 saturated heterocycles.